The van der Waals surface area contributed by atoms with E-state index in [0.717, 1.165) is 30.9 Å². The lowest BCUT2D eigenvalue weighted by Crippen LogP contribution is -2.32. The summed E-state index contributed by atoms with van der Waals surface area (Å²) >= 11 is 0. The van der Waals surface area contributed by atoms with Crippen molar-refractivity contribution in [1.29, 1.82) is 5.26 Å². The first-order chi connectivity index (χ1) is 7.29. The lowest BCUT2D eigenvalue weighted by atomic mass is 10.2. The molecule has 0 saturated carbocycles. The van der Waals surface area contributed by atoms with Crippen LogP contribution in [0.2, 0.25) is 0 Å². The van der Waals surface area contributed by atoms with E-state index < -0.39 is 0 Å². The molecule has 4 heteroatoms. The van der Waals surface area contributed by atoms with Crippen molar-refractivity contribution >= 4 is 5.69 Å². The van der Waals surface area contributed by atoms with Crippen molar-refractivity contribution in [2.45, 2.75) is 6.42 Å². The molecule has 0 unspecified atom stereocenters. The van der Waals surface area contributed by atoms with Crippen LogP contribution in [0, 0.1) is 11.3 Å². The van der Waals surface area contributed by atoms with Crippen molar-refractivity contribution in [2.24, 2.45) is 5.73 Å². The van der Waals surface area contributed by atoms with Gasteiger partial charge in [-0.2, -0.15) is 5.26 Å². The molecular weight excluding hydrogens is 188 g/mol. The Morgan fingerprint density at radius 3 is 2.93 bits per heavy atom. The summed E-state index contributed by atoms with van der Waals surface area (Å²) in [5.74, 6) is 0. The van der Waals surface area contributed by atoms with Gasteiger partial charge in [0.25, 0.3) is 0 Å². The van der Waals surface area contributed by atoms with Crippen molar-refractivity contribution in [2.75, 3.05) is 18.0 Å². The van der Waals surface area contributed by atoms with Crippen molar-refractivity contribution in [3.8, 4) is 6.07 Å². The Bertz CT molecular complexity index is 413. The van der Waals surface area contributed by atoms with Crippen LogP contribution in [0.1, 0.15) is 12.1 Å². The molecule has 0 saturated heterocycles. The minimum Gasteiger partial charge on any atom is -0.401 e. The van der Waals surface area contributed by atoms with Crippen LogP contribution >= 0.6 is 0 Å². The maximum absolute atomic E-state index is 8.63. The third-order valence-electron chi connectivity index (χ3n) is 2.41. The number of hydrogen-bond donors (Lipinski definition) is 1. The minimum atomic E-state index is 0.444. The second-order valence-corrected chi connectivity index (χ2v) is 3.50. The summed E-state index contributed by atoms with van der Waals surface area (Å²) in [4.78, 5) is 6.19. The number of pyridine rings is 1. The van der Waals surface area contributed by atoms with E-state index in [9.17, 15) is 0 Å². The number of hydrogen-bond acceptors (Lipinski definition) is 4. The monoisotopic (exact) mass is 200 g/mol. The summed E-state index contributed by atoms with van der Waals surface area (Å²) in [5.41, 5.74) is 8.12. The highest BCUT2D eigenvalue weighted by Crippen LogP contribution is 2.17. The maximum Gasteiger partial charge on any atom is 0.140 e. The smallest absolute Gasteiger partial charge is 0.140 e. The van der Waals surface area contributed by atoms with E-state index >= 15 is 0 Å². The summed E-state index contributed by atoms with van der Waals surface area (Å²) < 4.78 is 0. The largest absolute Gasteiger partial charge is 0.401 e. The van der Waals surface area contributed by atoms with Crippen LogP contribution in [0.25, 0.3) is 0 Å². The molecule has 2 N–H and O–H groups in total. The molecule has 15 heavy (non-hydrogen) atoms. The Kier molecular flexibility index (Phi) is 2.55. The van der Waals surface area contributed by atoms with E-state index in [1.165, 1.54) is 0 Å². The summed E-state index contributed by atoms with van der Waals surface area (Å²) in [5, 5.41) is 8.63. The molecular formula is C11H12N4. The highest BCUT2D eigenvalue weighted by atomic mass is 15.1. The molecule has 4 nitrogen and oxygen atoms in total. The predicted octanol–water partition coefficient (Wildman–Crippen LogP) is 1.01. The topological polar surface area (TPSA) is 65.9 Å². The quantitative estimate of drug-likeness (QED) is 0.734. The van der Waals surface area contributed by atoms with Gasteiger partial charge < -0.3 is 10.6 Å². The number of rotatable bonds is 1. The average Bonchev–Trinajstić information content (AvgIpc) is 2.29. The summed E-state index contributed by atoms with van der Waals surface area (Å²) in [6, 6.07) is 5.63. The van der Waals surface area contributed by atoms with Crippen LogP contribution in [0.4, 0.5) is 5.69 Å². The minimum absolute atomic E-state index is 0.444. The molecule has 1 aromatic heterocycles. The maximum atomic E-state index is 8.63. The Morgan fingerprint density at radius 1 is 1.47 bits per heavy atom. The van der Waals surface area contributed by atoms with Gasteiger partial charge in [-0.15, -0.1) is 0 Å². The summed E-state index contributed by atoms with van der Waals surface area (Å²) in [6.07, 6.45) is 4.73. The molecule has 2 heterocycles. The van der Waals surface area contributed by atoms with Gasteiger partial charge in [0.15, 0.2) is 0 Å². The number of nitrogens with two attached hydrogens (primary N) is 1. The van der Waals surface area contributed by atoms with Crippen molar-refractivity contribution < 1.29 is 0 Å². The normalized spacial score (nSPS) is 15.7. The fourth-order valence-corrected chi connectivity index (χ4v) is 1.63. The number of nitriles is 1. The van der Waals surface area contributed by atoms with Crippen molar-refractivity contribution in [3.63, 3.8) is 0 Å². The zero-order valence-corrected chi connectivity index (χ0v) is 8.35. The second kappa shape index (κ2) is 4.01. The summed E-state index contributed by atoms with van der Waals surface area (Å²) in [6.45, 7) is 1.70. The molecule has 0 aromatic carbocycles. The second-order valence-electron chi connectivity index (χ2n) is 3.50. The van der Waals surface area contributed by atoms with Crippen LogP contribution in [-0.4, -0.2) is 18.1 Å². The fraction of sp³-hybridized carbons (Fsp3) is 0.273. The molecule has 0 spiro atoms. The van der Waals surface area contributed by atoms with E-state index in [0.29, 0.717) is 5.69 Å². The zero-order valence-electron chi connectivity index (χ0n) is 8.35. The van der Waals surface area contributed by atoms with Gasteiger partial charge >= 0.3 is 0 Å². The molecule has 0 amide bonds. The predicted molar refractivity (Wildman–Crippen MR) is 58.1 cm³/mol. The fourth-order valence-electron chi connectivity index (χ4n) is 1.63. The number of aromatic nitrogens is 1. The van der Waals surface area contributed by atoms with Gasteiger partial charge in [0.1, 0.15) is 11.8 Å². The zero-order chi connectivity index (χ0) is 10.7. The van der Waals surface area contributed by atoms with E-state index in [4.69, 9.17) is 11.0 Å². The highest BCUT2D eigenvalue weighted by molar-refractivity contribution is 5.47. The Hall–Kier alpha value is -2.02. The van der Waals surface area contributed by atoms with Gasteiger partial charge in [0.2, 0.25) is 0 Å². The summed E-state index contributed by atoms with van der Waals surface area (Å²) in [7, 11) is 0. The van der Waals surface area contributed by atoms with E-state index in [1.807, 2.05) is 18.2 Å². The standard InChI is InChI=1S/C11H12N4/c12-6-10-3-4-11(7-14-10)15-5-1-2-9(13)8-15/h2-4,7H,1,5,8,13H2. The lowest BCUT2D eigenvalue weighted by molar-refractivity contribution is 0.782. The van der Waals surface area contributed by atoms with Gasteiger partial charge in [0.05, 0.1) is 18.4 Å². The molecule has 0 radical (unpaired) electrons. The third kappa shape index (κ3) is 2.08. The van der Waals surface area contributed by atoms with Crippen LogP contribution in [0.3, 0.4) is 0 Å². The molecule has 2 rings (SSSR count). The molecule has 1 aliphatic rings. The number of nitrogens with zero attached hydrogens (tertiary/aromatic N) is 3. The van der Waals surface area contributed by atoms with E-state index in [2.05, 4.69) is 9.88 Å². The Morgan fingerprint density at radius 2 is 2.33 bits per heavy atom. The van der Waals surface area contributed by atoms with Crippen molar-refractivity contribution in [1.82, 2.24) is 4.98 Å². The molecule has 1 aliphatic heterocycles. The average molecular weight is 200 g/mol. The molecule has 0 aliphatic carbocycles. The molecule has 76 valence electrons. The van der Waals surface area contributed by atoms with Crippen LogP contribution in [0.5, 0.6) is 0 Å². The first-order valence-electron chi connectivity index (χ1n) is 4.85. The van der Waals surface area contributed by atoms with Gasteiger partial charge in [-0.3, -0.25) is 0 Å². The first-order valence-corrected chi connectivity index (χ1v) is 4.85. The van der Waals surface area contributed by atoms with Gasteiger partial charge in [-0.05, 0) is 18.6 Å². The third-order valence-corrected chi connectivity index (χ3v) is 2.41. The van der Waals surface area contributed by atoms with Gasteiger partial charge in [0, 0.05) is 12.2 Å². The molecule has 0 fully saturated rings. The van der Waals surface area contributed by atoms with Crippen LogP contribution in [-0.2, 0) is 0 Å². The van der Waals surface area contributed by atoms with Crippen molar-refractivity contribution in [3.05, 3.63) is 35.8 Å². The van der Waals surface area contributed by atoms with E-state index in [-0.39, 0.29) is 0 Å². The lowest BCUT2D eigenvalue weighted by Gasteiger charge is -2.27. The Balaban J connectivity index is 2.17. The molecule has 0 bridgehead atoms. The Labute approximate surface area is 88.6 Å². The van der Waals surface area contributed by atoms with Crippen LogP contribution in [0.15, 0.2) is 30.1 Å². The van der Waals surface area contributed by atoms with Gasteiger partial charge in [-0.25, -0.2) is 4.98 Å². The van der Waals surface area contributed by atoms with Gasteiger partial charge in [-0.1, -0.05) is 6.08 Å². The molecule has 1 aromatic rings. The first kappa shape index (κ1) is 9.53. The molecule has 0 atom stereocenters. The number of anilines is 1. The SMILES string of the molecule is N#Cc1ccc(N2CCC=C(N)C2)cn1. The van der Waals surface area contributed by atoms with Crippen LogP contribution < -0.4 is 10.6 Å². The highest BCUT2D eigenvalue weighted by Gasteiger charge is 2.11. The van der Waals surface area contributed by atoms with E-state index in [1.54, 1.807) is 12.3 Å².